The molecule has 16 heavy (non-hydrogen) atoms. The summed E-state index contributed by atoms with van der Waals surface area (Å²) >= 11 is 0. The van der Waals surface area contributed by atoms with E-state index in [-0.39, 0.29) is 0 Å². The van der Waals surface area contributed by atoms with Crippen molar-refractivity contribution in [1.29, 1.82) is 0 Å². The van der Waals surface area contributed by atoms with E-state index < -0.39 is 0 Å². The molecule has 0 radical (unpaired) electrons. The number of hydrogen-bond donors (Lipinski definition) is 1. The number of ether oxygens (including phenoxy) is 1. The molecule has 5 heteroatoms. The predicted octanol–water partition coefficient (Wildman–Crippen LogP) is 0.548. The van der Waals surface area contributed by atoms with Gasteiger partial charge in [-0.2, -0.15) is 5.10 Å². The lowest BCUT2D eigenvalue weighted by atomic mass is 10.3. The lowest BCUT2D eigenvalue weighted by molar-refractivity contribution is 0.0101. The van der Waals surface area contributed by atoms with Gasteiger partial charge >= 0.3 is 0 Å². The highest BCUT2D eigenvalue weighted by molar-refractivity contribution is 5.08. The number of hydrogen-bond acceptors (Lipinski definition) is 4. The number of aryl methyl sites for hydroxylation is 2. The second-order valence-corrected chi connectivity index (χ2v) is 4.03. The molecule has 0 atom stereocenters. The standard InChI is InChI=1S/C11H20N4O/c1-3-15-11(8-10(2)13-15)9-12-14-4-6-16-7-5-14/h8,12H,3-7,9H2,1-2H3. The van der Waals surface area contributed by atoms with E-state index >= 15 is 0 Å². The highest BCUT2D eigenvalue weighted by Crippen LogP contribution is 2.04. The number of morpholine rings is 1. The molecule has 1 saturated heterocycles. The van der Waals surface area contributed by atoms with E-state index in [9.17, 15) is 0 Å². The van der Waals surface area contributed by atoms with Crippen LogP contribution in [0.15, 0.2) is 6.07 Å². The van der Waals surface area contributed by atoms with Crippen molar-refractivity contribution in [2.45, 2.75) is 26.9 Å². The first-order chi connectivity index (χ1) is 7.79. The molecule has 0 saturated carbocycles. The topological polar surface area (TPSA) is 42.3 Å². The van der Waals surface area contributed by atoms with E-state index in [1.165, 1.54) is 5.69 Å². The van der Waals surface area contributed by atoms with Gasteiger partial charge in [0.15, 0.2) is 0 Å². The van der Waals surface area contributed by atoms with Gasteiger partial charge in [0, 0.05) is 19.6 Å². The zero-order valence-electron chi connectivity index (χ0n) is 10.1. The van der Waals surface area contributed by atoms with Gasteiger partial charge in [-0.3, -0.25) is 4.68 Å². The zero-order valence-corrected chi connectivity index (χ0v) is 10.1. The fraction of sp³-hybridized carbons (Fsp3) is 0.727. The highest BCUT2D eigenvalue weighted by Gasteiger charge is 2.10. The van der Waals surface area contributed by atoms with Crippen LogP contribution < -0.4 is 5.43 Å². The summed E-state index contributed by atoms with van der Waals surface area (Å²) in [7, 11) is 0. The van der Waals surface area contributed by atoms with Crippen LogP contribution in [0, 0.1) is 6.92 Å². The van der Waals surface area contributed by atoms with Crippen LogP contribution in [-0.2, 0) is 17.8 Å². The minimum atomic E-state index is 0.819. The van der Waals surface area contributed by atoms with Gasteiger partial charge in [0.25, 0.3) is 0 Å². The van der Waals surface area contributed by atoms with Crippen molar-refractivity contribution >= 4 is 0 Å². The number of nitrogens with zero attached hydrogens (tertiary/aromatic N) is 3. The van der Waals surface area contributed by atoms with Crippen molar-refractivity contribution in [2.75, 3.05) is 26.3 Å². The summed E-state index contributed by atoms with van der Waals surface area (Å²) in [5.74, 6) is 0. The zero-order chi connectivity index (χ0) is 11.4. The number of rotatable bonds is 4. The average Bonchev–Trinajstić information content (AvgIpc) is 2.68. The van der Waals surface area contributed by atoms with Crippen LogP contribution in [0.25, 0.3) is 0 Å². The lowest BCUT2D eigenvalue weighted by Gasteiger charge is -2.27. The van der Waals surface area contributed by atoms with Crippen molar-refractivity contribution in [2.24, 2.45) is 0 Å². The molecule has 1 aromatic rings. The van der Waals surface area contributed by atoms with Crippen molar-refractivity contribution in [3.63, 3.8) is 0 Å². The van der Waals surface area contributed by atoms with Crippen molar-refractivity contribution in [1.82, 2.24) is 20.2 Å². The summed E-state index contributed by atoms with van der Waals surface area (Å²) in [6, 6.07) is 2.14. The number of nitrogens with one attached hydrogen (secondary N) is 1. The molecular formula is C11H20N4O. The molecule has 2 heterocycles. The van der Waals surface area contributed by atoms with Crippen LogP contribution >= 0.6 is 0 Å². The molecule has 0 aliphatic carbocycles. The van der Waals surface area contributed by atoms with Crippen LogP contribution in [-0.4, -0.2) is 41.1 Å². The van der Waals surface area contributed by atoms with Crippen molar-refractivity contribution in [3.05, 3.63) is 17.5 Å². The van der Waals surface area contributed by atoms with Gasteiger partial charge in [-0.05, 0) is 19.9 Å². The third-order valence-electron chi connectivity index (χ3n) is 2.78. The Kier molecular flexibility index (Phi) is 3.93. The summed E-state index contributed by atoms with van der Waals surface area (Å²) in [6.07, 6.45) is 0. The second-order valence-electron chi connectivity index (χ2n) is 4.03. The van der Waals surface area contributed by atoms with E-state index in [1.54, 1.807) is 0 Å². The lowest BCUT2D eigenvalue weighted by Crippen LogP contribution is -2.45. The Morgan fingerprint density at radius 2 is 2.19 bits per heavy atom. The molecule has 1 N–H and O–H groups in total. The fourth-order valence-electron chi connectivity index (χ4n) is 1.93. The summed E-state index contributed by atoms with van der Waals surface area (Å²) < 4.78 is 7.35. The van der Waals surface area contributed by atoms with Crippen LogP contribution in [0.4, 0.5) is 0 Å². The van der Waals surface area contributed by atoms with Crippen LogP contribution in [0.3, 0.4) is 0 Å². The first-order valence-corrected chi connectivity index (χ1v) is 5.89. The first kappa shape index (κ1) is 11.6. The van der Waals surface area contributed by atoms with Crippen LogP contribution in [0.2, 0.25) is 0 Å². The highest BCUT2D eigenvalue weighted by atomic mass is 16.5. The maximum Gasteiger partial charge on any atom is 0.0608 e. The Labute approximate surface area is 96.3 Å². The van der Waals surface area contributed by atoms with Crippen molar-refractivity contribution < 1.29 is 4.74 Å². The SMILES string of the molecule is CCn1nc(C)cc1CNN1CCOCC1. The summed E-state index contributed by atoms with van der Waals surface area (Å²) in [6.45, 7) is 9.47. The Bertz CT molecular complexity index is 331. The van der Waals surface area contributed by atoms with E-state index in [2.05, 4.69) is 28.5 Å². The third-order valence-corrected chi connectivity index (χ3v) is 2.78. The maximum absolute atomic E-state index is 5.30. The summed E-state index contributed by atoms with van der Waals surface area (Å²) in [5, 5.41) is 6.64. The second kappa shape index (κ2) is 5.43. The molecule has 5 nitrogen and oxygen atoms in total. The minimum absolute atomic E-state index is 0.819. The molecule has 1 aliphatic rings. The summed E-state index contributed by atoms with van der Waals surface area (Å²) in [4.78, 5) is 0. The van der Waals surface area contributed by atoms with Gasteiger partial charge in [-0.15, -0.1) is 0 Å². The quantitative estimate of drug-likeness (QED) is 0.811. The third kappa shape index (κ3) is 2.81. The van der Waals surface area contributed by atoms with Gasteiger partial charge in [-0.25, -0.2) is 10.4 Å². The van der Waals surface area contributed by atoms with Gasteiger partial charge in [-0.1, -0.05) is 0 Å². The van der Waals surface area contributed by atoms with Crippen LogP contribution in [0.5, 0.6) is 0 Å². The van der Waals surface area contributed by atoms with E-state index in [1.807, 2.05) is 11.6 Å². The molecule has 0 amide bonds. The monoisotopic (exact) mass is 224 g/mol. The van der Waals surface area contributed by atoms with Crippen LogP contribution in [0.1, 0.15) is 18.3 Å². The molecule has 2 rings (SSSR count). The smallest absolute Gasteiger partial charge is 0.0608 e. The van der Waals surface area contributed by atoms with E-state index in [4.69, 9.17) is 4.74 Å². The molecule has 0 unspecified atom stereocenters. The first-order valence-electron chi connectivity index (χ1n) is 5.89. The maximum atomic E-state index is 5.30. The summed E-state index contributed by atoms with van der Waals surface area (Å²) in [5.41, 5.74) is 5.74. The Morgan fingerprint density at radius 3 is 2.88 bits per heavy atom. The largest absolute Gasteiger partial charge is 0.379 e. The average molecular weight is 224 g/mol. The molecule has 0 bridgehead atoms. The fourth-order valence-corrected chi connectivity index (χ4v) is 1.93. The van der Waals surface area contributed by atoms with Crippen molar-refractivity contribution in [3.8, 4) is 0 Å². The number of hydrazine groups is 1. The molecule has 90 valence electrons. The molecule has 0 aromatic carbocycles. The molecule has 1 fully saturated rings. The minimum Gasteiger partial charge on any atom is -0.379 e. The normalized spacial score (nSPS) is 17.9. The van der Waals surface area contributed by atoms with Gasteiger partial charge < -0.3 is 4.74 Å². The predicted molar refractivity (Wildman–Crippen MR) is 61.9 cm³/mol. The Hall–Kier alpha value is -0.910. The molecule has 1 aromatic heterocycles. The molecular weight excluding hydrogens is 204 g/mol. The van der Waals surface area contributed by atoms with E-state index in [0.29, 0.717) is 0 Å². The van der Waals surface area contributed by atoms with E-state index in [0.717, 1.165) is 45.1 Å². The number of aromatic nitrogens is 2. The van der Waals surface area contributed by atoms with Gasteiger partial charge in [0.1, 0.15) is 0 Å². The van der Waals surface area contributed by atoms with Gasteiger partial charge in [0.05, 0.1) is 31.1 Å². The Balaban J connectivity index is 1.87. The Morgan fingerprint density at radius 1 is 1.44 bits per heavy atom. The molecule has 1 aliphatic heterocycles. The van der Waals surface area contributed by atoms with Gasteiger partial charge in [0.2, 0.25) is 0 Å². The molecule has 0 spiro atoms.